The second kappa shape index (κ2) is 4.85. The van der Waals surface area contributed by atoms with Crippen molar-refractivity contribution in [3.63, 3.8) is 0 Å². The number of aryl methyl sites for hydroxylation is 3. The first-order chi connectivity index (χ1) is 8.47. The molecule has 0 radical (unpaired) electrons. The predicted molar refractivity (Wildman–Crippen MR) is 64.9 cm³/mol. The standard InChI is InChI=1S/C11H18N6O/c1-7-10(8(2)16(3)13-7)5-9(18)6-11-12-15-17(4)14-11/h9,18H,5-6H2,1-4H3. The van der Waals surface area contributed by atoms with E-state index in [9.17, 15) is 5.11 Å². The van der Waals surface area contributed by atoms with Gasteiger partial charge in [-0.25, -0.2) is 0 Å². The summed E-state index contributed by atoms with van der Waals surface area (Å²) in [5, 5.41) is 26.1. The Bertz CT molecular complexity index is 544. The molecule has 0 spiro atoms. The minimum atomic E-state index is -0.518. The van der Waals surface area contributed by atoms with E-state index < -0.39 is 6.10 Å². The molecule has 18 heavy (non-hydrogen) atoms. The van der Waals surface area contributed by atoms with Crippen molar-refractivity contribution in [2.24, 2.45) is 14.1 Å². The number of tetrazole rings is 1. The van der Waals surface area contributed by atoms with Crippen LogP contribution in [0.25, 0.3) is 0 Å². The maximum Gasteiger partial charge on any atom is 0.177 e. The molecule has 0 amide bonds. The third-order valence-corrected chi connectivity index (χ3v) is 3.07. The Morgan fingerprint density at radius 1 is 1.17 bits per heavy atom. The van der Waals surface area contributed by atoms with Crippen LogP contribution in [0, 0.1) is 13.8 Å². The Labute approximate surface area is 105 Å². The van der Waals surface area contributed by atoms with Crippen molar-refractivity contribution in [3.8, 4) is 0 Å². The molecule has 1 N–H and O–H groups in total. The molecular formula is C11H18N6O. The Morgan fingerprint density at radius 2 is 1.89 bits per heavy atom. The maximum absolute atomic E-state index is 10.1. The first-order valence-electron chi connectivity index (χ1n) is 5.87. The molecular weight excluding hydrogens is 232 g/mol. The van der Waals surface area contributed by atoms with Gasteiger partial charge >= 0.3 is 0 Å². The van der Waals surface area contributed by atoms with Crippen LogP contribution in [-0.2, 0) is 26.9 Å². The van der Waals surface area contributed by atoms with Gasteiger partial charge < -0.3 is 5.11 Å². The monoisotopic (exact) mass is 250 g/mol. The van der Waals surface area contributed by atoms with E-state index in [2.05, 4.69) is 20.5 Å². The van der Waals surface area contributed by atoms with Crippen LogP contribution in [0.4, 0.5) is 0 Å². The van der Waals surface area contributed by atoms with Crippen LogP contribution >= 0.6 is 0 Å². The SMILES string of the molecule is Cc1nn(C)c(C)c1CC(O)Cc1nnn(C)n1. The minimum absolute atomic E-state index is 0.404. The number of rotatable bonds is 4. The van der Waals surface area contributed by atoms with Gasteiger partial charge in [0.2, 0.25) is 0 Å². The van der Waals surface area contributed by atoms with Gasteiger partial charge in [0, 0.05) is 25.6 Å². The fourth-order valence-corrected chi connectivity index (χ4v) is 2.04. The lowest BCUT2D eigenvalue weighted by Crippen LogP contribution is -2.16. The molecule has 0 aliphatic heterocycles. The van der Waals surface area contributed by atoms with E-state index in [-0.39, 0.29) is 0 Å². The van der Waals surface area contributed by atoms with E-state index in [4.69, 9.17) is 0 Å². The number of hydrogen-bond acceptors (Lipinski definition) is 5. The number of aliphatic hydroxyl groups is 1. The van der Waals surface area contributed by atoms with Crippen molar-refractivity contribution in [1.29, 1.82) is 0 Å². The normalized spacial score (nSPS) is 12.9. The maximum atomic E-state index is 10.1. The van der Waals surface area contributed by atoms with Crippen LogP contribution in [0.5, 0.6) is 0 Å². The van der Waals surface area contributed by atoms with Crippen molar-refractivity contribution >= 4 is 0 Å². The molecule has 2 heterocycles. The van der Waals surface area contributed by atoms with Crippen molar-refractivity contribution in [3.05, 3.63) is 22.8 Å². The number of aliphatic hydroxyl groups excluding tert-OH is 1. The molecule has 2 rings (SSSR count). The highest BCUT2D eigenvalue weighted by Crippen LogP contribution is 2.15. The van der Waals surface area contributed by atoms with Gasteiger partial charge in [-0.05, 0) is 24.6 Å². The van der Waals surface area contributed by atoms with Crippen LogP contribution in [0.1, 0.15) is 22.8 Å². The zero-order valence-electron chi connectivity index (χ0n) is 11.1. The molecule has 98 valence electrons. The number of hydrogen-bond donors (Lipinski definition) is 1. The zero-order valence-corrected chi connectivity index (χ0v) is 11.1. The highest BCUT2D eigenvalue weighted by Gasteiger charge is 2.16. The quantitative estimate of drug-likeness (QED) is 0.806. The lowest BCUT2D eigenvalue weighted by Gasteiger charge is -2.08. The summed E-state index contributed by atoms with van der Waals surface area (Å²) in [6.45, 7) is 3.96. The van der Waals surface area contributed by atoms with E-state index in [0.717, 1.165) is 17.0 Å². The van der Waals surface area contributed by atoms with Gasteiger partial charge in [0.15, 0.2) is 5.82 Å². The van der Waals surface area contributed by atoms with Gasteiger partial charge in [0.1, 0.15) is 0 Å². The Kier molecular flexibility index (Phi) is 3.42. The average molecular weight is 250 g/mol. The lowest BCUT2D eigenvalue weighted by atomic mass is 10.0. The molecule has 0 aliphatic rings. The topological polar surface area (TPSA) is 81.6 Å². The van der Waals surface area contributed by atoms with Gasteiger partial charge in [-0.15, -0.1) is 10.2 Å². The van der Waals surface area contributed by atoms with Crippen LogP contribution in [-0.4, -0.2) is 41.2 Å². The summed E-state index contributed by atoms with van der Waals surface area (Å²) in [5.74, 6) is 0.559. The van der Waals surface area contributed by atoms with Gasteiger partial charge in [0.05, 0.1) is 18.8 Å². The Morgan fingerprint density at radius 3 is 2.39 bits per heavy atom. The fraction of sp³-hybridized carbons (Fsp3) is 0.636. The zero-order chi connectivity index (χ0) is 13.3. The molecule has 0 aromatic carbocycles. The van der Waals surface area contributed by atoms with Gasteiger partial charge in [-0.2, -0.15) is 9.90 Å². The summed E-state index contributed by atoms with van der Waals surface area (Å²) >= 11 is 0. The summed E-state index contributed by atoms with van der Waals surface area (Å²) in [6, 6.07) is 0. The molecule has 0 saturated carbocycles. The molecule has 7 nitrogen and oxygen atoms in total. The van der Waals surface area contributed by atoms with E-state index in [1.165, 1.54) is 4.80 Å². The van der Waals surface area contributed by atoms with Gasteiger partial charge in [0.25, 0.3) is 0 Å². The summed E-state index contributed by atoms with van der Waals surface area (Å²) in [7, 11) is 3.61. The smallest absolute Gasteiger partial charge is 0.177 e. The molecule has 7 heteroatoms. The second-order valence-corrected chi connectivity index (χ2v) is 4.53. The molecule has 1 unspecified atom stereocenters. The van der Waals surface area contributed by atoms with E-state index in [0.29, 0.717) is 18.7 Å². The third kappa shape index (κ3) is 2.56. The first kappa shape index (κ1) is 12.7. The van der Waals surface area contributed by atoms with Crippen LogP contribution in [0.3, 0.4) is 0 Å². The fourth-order valence-electron chi connectivity index (χ4n) is 2.04. The van der Waals surface area contributed by atoms with Crippen molar-refractivity contribution < 1.29 is 5.11 Å². The average Bonchev–Trinajstić information content (AvgIpc) is 2.78. The largest absolute Gasteiger partial charge is 0.392 e. The summed E-state index contributed by atoms with van der Waals surface area (Å²) < 4.78 is 1.83. The van der Waals surface area contributed by atoms with Crippen molar-refractivity contribution in [2.45, 2.75) is 32.8 Å². The molecule has 0 fully saturated rings. The van der Waals surface area contributed by atoms with Gasteiger partial charge in [-0.1, -0.05) is 0 Å². The van der Waals surface area contributed by atoms with E-state index >= 15 is 0 Å². The highest BCUT2D eigenvalue weighted by atomic mass is 16.3. The molecule has 0 saturated heterocycles. The minimum Gasteiger partial charge on any atom is -0.392 e. The molecule has 1 atom stereocenters. The first-order valence-corrected chi connectivity index (χ1v) is 5.87. The van der Waals surface area contributed by atoms with Crippen LogP contribution in [0.2, 0.25) is 0 Å². The molecule has 0 bridgehead atoms. The van der Waals surface area contributed by atoms with Crippen molar-refractivity contribution in [1.82, 2.24) is 30.0 Å². The summed E-state index contributed by atoms with van der Waals surface area (Å²) in [5.41, 5.74) is 3.13. The molecule has 2 aromatic heterocycles. The predicted octanol–water partition coefficient (Wildman–Crippen LogP) is -0.293. The molecule has 0 aliphatic carbocycles. The highest BCUT2D eigenvalue weighted by molar-refractivity contribution is 5.25. The Balaban J connectivity index is 2.05. The lowest BCUT2D eigenvalue weighted by molar-refractivity contribution is 0.172. The van der Waals surface area contributed by atoms with E-state index in [1.54, 1.807) is 7.05 Å². The van der Waals surface area contributed by atoms with E-state index in [1.807, 2.05) is 25.6 Å². The van der Waals surface area contributed by atoms with Gasteiger partial charge in [-0.3, -0.25) is 4.68 Å². The summed E-state index contributed by atoms with van der Waals surface area (Å²) in [4.78, 5) is 1.39. The number of aromatic nitrogens is 6. The van der Waals surface area contributed by atoms with Crippen LogP contribution < -0.4 is 0 Å². The molecule has 2 aromatic rings. The van der Waals surface area contributed by atoms with Crippen molar-refractivity contribution in [2.75, 3.05) is 0 Å². The van der Waals surface area contributed by atoms with Crippen LogP contribution in [0.15, 0.2) is 0 Å². The summed E-state index contributed by atoms with van der Waals surface area (Å²) in [6.07, 6.45) is 0.446. The number of nitrogens with zero attached hydrogens (tertiary/aromatic N) is 6. The Hall–Kier alpha value is -1.76. The second-order valence-electron chi connectivity index (χ2n) is 4.53. The third-order valence-electron chi connectivity index (χ3n) is 3.07.